The van der Waals surface area contributed by atoms with Crippen molar-refractivity contribution in [2.24, 2.45) is 5.92 Å². The molecule has 3 N–H and O–H groups in total. The summed E-state index contributed by atoms with van der Waals surface area (Å²) in [5.41, 5.74) is 7.62. The van der Waals surface area contributed by atoms with Crippen LogP contribution < -0.4 is 15.8 Å². The summed E-state index contributed by atoms with van der Waals surface area (Å²) in [6, 6.07) is 8.26. The highest BCUT2D eigenvalue weighted by Crippen LogP contribution is 2.23. The second-order valence-corrected chi connectivity index (χ2v) is 6.71. The first kappa shape index (κ1) is 18.6. The van der Waals surface area contributed by atoms with Gasteiger partial charge in [-0.05, 0) is 18.1 Å². The van der Waals surface area contributed by atoms with Crippen LogP contribution >= 0.6 is 0 Å². The van der Waals surface area contributed by atoms with Crippen molar-refractivity contribution in [3.05, 3.63) is 35.9 Å². The average molecular weight is 369 g/mol. The molecule has 1 fully saturated rings. The van der Waals surface area contributed by atoms with E-state index in [4.69, 9.17) is 10.5 Å². The lowest BCUT2D eigenvalue weighted by molar-refractivity contribution is -0.129. The maximum Gasteiger partial charge on any atom is 0.254 e. The molecule has 0 radical (unpaired) electrons. The quantitative estimate of drug-likeness (QED) is 0.841. The van der Waals surface area contributed by atoms with Gasteiger partial charge in [0.05, 0.1) is 12.8 Å². The summed E-state index contributed by atoms with van der Waals surface area (Å²) in [6.07, 6.45) is 0. The predicted octanol–water partition coefficient (Wildman–Crippen LogP) is 1.33. The lowest BCUT2D eigenvalue weighted by atomic mass is 9.98. The summed E-state index contributed by atoms with van der Waals surface area (Å²) in [5, 5.41) is 2.83. The molecule has 2 heterocycles. The van der Waals surface area contributed by atoms with Crippen molar-refractivity contribution in [1.29, 1.82) is 0 Å². The number of benzene rings is 1. The standard InChI is InChI=1S/C19H23N5O3/c1-11(2)16-17(25)21-8-9-24(16)18(26)13-6-4-12(5-7-13)14-10-15(27-3)23-19(20)22-14/h4-7,10-11,16H,8-9H2,1-3H3,(H,21,25)(H2,20,22,23). The van der Waals surface area contributed by atoms with Crippen LogP contribution in [0.4, 0.5) is 5.95 Å². The topological polar surface area (TPSA) is 110 Å². The molecule has 1 aliphatic heterocycles. The third kappa shape index (κ3) is 3.84. The van der Waals surface area contributed by atoms with E-state index in [2.05, 4.69) is 15.3 Å². The normalized spacial score (nSPS) is 17.0. The number of piperazine rings is 1. The molecule has 2 amide bonds. The molecule has 1 atom stereocenters. The van der Waals surface area contributed by atoms with Crippen LogP contribution in [0.3, 0.4) is 0 Å². The van der Waals surface area contributed by atoms with Gasteiger partial charge in [-0.1, -0.05) is 26.0 Å². The van der Waals surface area contributed by atoms with E-state index in [1.807, 2.05) is 13.8 Å². The molecule has 1 aliphatic rings. The third-order valence-electron chi connectivity index (χ3n) is 4.51. The number of rotatable bonds is 4. The highest BCUT2D eigenvalue weighted by Gasteiger charge is 2.35. The fraction of sp³-hybridized carbons (Fsp3) is 0.368. The van der Waals surface area contributed by atoms with E-state index in [1.54, 1.807) is 35.2 Å². The molecule has 8 nitrogen and oxygen atoms in total. The van der Waals surface area contributed by atoms with E-state index < -0.39 is 6.04 Å². The van der Waals surface area contributed by atoms with E-state index in [0.717, 1.165) is 5.56 Å². The highest BCUT2D eigenvalue weighted by molar-refractivity contribution is 5.98. The maximum absolute atomic E-state index is 12.9. The molecule has 1 unspecified atom stereocenters. The number of anilines is 1. The van der Waals surface area contributed by atoms with Crippen LogP contribution in [-0.4, -0.2) is 52.9 Å². The maximum atomic E-state index is 12.9. The minimum Gasteiger partial charge on any atom is -0.481 e. The van der Waals surface area contributed by atoms with E-state index in [0.29, 0.717) is 30.2 Å². The Morgan fingerprint density at radius 3 is 2.63 bits per heavy atom. The van der Waals surface area contributed by atoms with E-state index in [1.165, 1.54) is 7.11 Å². The Balaban J connectivity index is 1.85. The summed E-state index contributed by atoms with van der Waals surface area (Å²) in [5.74, 6) is 0.255. The molecule has 1 saturated heterocycles. The van der Waals surface area contributed by atoms with Crippen LogP contribution in [0.1, 0.15) is 24.2 Å². The van der Waals surface area contributed by atoms with Crippen molar-refractivity contribution in [1.82, 2.24) is 20.2 Å². The fourth-order valence-electron chi connectivity index (χ4n) is 3.22. The number of nitrogen functional groups attached to an aromatic ring is 1. The van der Waals surface area contributed by atoms with Gasteiger partial charge in [-0.25, -0.2) is 4.98 Å². The van der Waals surface area contributed by atoms with Gasteiger partial charge in [0.15, 0.2) is 0 Å². The molecule has 1 aromatic carbocycles. The van der Waals surface area contributed by atoms with Crippen LogP contribution in [0, 0.1) is 5.92 Å². The smallest absolute Gasteiger partial charge is 0.254 e. The number of ether oxygens (including phenoxy) is 1. The highest BCUT2D eigenvalue weighted by atomic mass is 16.5. The Labute approximate surface area is 157 Å². The summed E-state index contributed by atoms with van der Waals surface area (Å²) < 4.78 is 5.11. The van der Waals surface area contributed by atoms with Crippen LogP contribution in [0.2, 0.25) is 0 Å². The molecule has 0 saturated carbocycles. The Hall–Kier alpha value is -3.16. The number of nitrogens with two attached hydrogens (primary N) is 1. The number of methoxy groups -OCH3 is 1. The van der Waals surface area contributed by atoms with Gasteiger partial charge in [0.1, 0.15) is 6.04 Å². The number of aromatic nitrogens is 2. The zero-order chi connectivity index (χ0) is 19.6. The molecule has 8 heteroatoms. The van der Waals surface area contributed by atoms with Crippen molar-refractivity contribution in [3.8, 4) is 17.1 Å². The van der Waals surface area contributed by atoms with Crippen molar-refractivity contribution >= 4 is 17.8 Å². The van der Waals surface area contributed by atoms with E-state index >= 15 is 0 Å². The zero-order valence-electron chi connectivity index (χ0n) is 15.6. The van der Waals surface area contributed by atoms with E-state index in [-0.39, 0.29) is 23.7 Å². The number of carbonyl (C=O) groups excluding carboxylic acids is 2. The van der Waals surface area contributed by atoms with Gasteiger partial charge in [0.2, 0.25) is 17.7 Å². The minimum atomic E-state index is -0.461. The molecule has 2 aromatic rings. The molecule has 0 aliphatic carbocycles. The Morgan fingerprint density at radius 1 is 1.30 bits per heavy atom. The Morgan fingerprint density at radius 2 is 2.00 bits per heavy atom. The lowest BCUT2D eigenvalue weighted by Crippen LogP contribution is -2.59. The summed E-state index contributed by atoms with van der Waals surface area (Å²) in [4.78, 5) is 34.9. The summed E-state index contributed by atoms with van der Waals surface area (Å²) >= 11 is 0. The monoisotopic (exact) mass is 369 g/mol. The molecule has 0 spiro atoms. The van der Waals surface area contributed by atoms with Crippen molar-refractivity contribution in [3.63, 3.8) is 0 Å². The summed E-state index contributed by atoms with van der Waals surface area (Å²) in [6.45, 7) is 4.83. The first-order valence-corrected chi connectivity index (χ1v) is 8.78. The molecule has 142 valence electrons. The van der Waals surface area contributed by atoms with Crippen molar-refractivity contribution in [2.45, 2.75) is 19.9 Å². The first-order valence-electron chi connectivity index (χ1n) is 8.78. The first-order chi connectivity index (χ1) is 12.9. The molecular formula is C19H23N5O3. The average Bonchev–Trinajstić information content (AvgIpc) is 2.66. The van der Waals surface area contributed by atoms with Crippen LogP contribution in [-0.2, 0) is 4.79 Å². The number of hydrogen-bond acceptors (Lipinski definition) is 6. The number of nitrogens with one attached hydrogen (secondary N) is 1. The third-order valence-corrected chi connectivity index (χ3v) is 4.51. The predicted molar refractivity (Wildman–Crippen MR) is 101 cm³/mol. The molecule has 27 heavy (non-hydrogen) atoms. The minimum absolute atomic E-state index is 0.0324. The number of hydrogen-bond donors (Lipinski definition) is 2. The van der Waals surface area contributed by atoms with Gasteiger partial charge in [0.25, 0.3) is 5.91 Å². The summed E-state index contributed by atoms with van der Waals surface area (Å²) in [7, 11) is 1.51. The van der Waals surface area contributed by atoms with Crippen molar-refractivity contribution < 1.29 is 14.3 Å². The van der Waals surface area contributed by atoms with Gasteiger partial charge in [0, 0.05) is 30.3 Å². The fourth-order valence-corrected chi connectivity index (χ4v) is 3.22. The number of carbonyl (C=O) groups is 2. The largest absolute Gasteiger partial charge is 0.481 e. The molecule has 1 aromatic heterocycles. The SMILES string of the molecule is COc1cc(-c2ccc(C(=O)N3CCNC(=O)C3C(C)C)cc2)nc(N)n1. The molecular weight excluding hydrogens is 346 g/mol. The second kappa shape index (κ2) is 7.61. The molecule has 3 rings (SSSR count). The number of nitrogens with zero attached hydrogens (tertiary/aromatic N) is 3. The van der Waals surface area contributed by atoms with Gasteiger partial charge in [-0.3, -0.25) is 9.59 Å². The Kier molecular flexibility index (Phi) is 5.25. The van der Waals surface area contributed by atoms with Crippen LogP contribution in [0.5, 0.6) is 5.88 Å². The zero-order valence-corrected chi connectivity index (χ0v) is 15.6. The van der Waals surface area contributed by atoms with Crippen LogP contribution in [0.15, 0.2) is 30.3 Å². The van der Waals surface area contributed by atoms with Gasteiger partial charge in [-0.2, -0.15) is 4.98 Å². The Bertz CT molecular complexity index is 851. The van der Waals surface area contributed by atoms with Gasteiger partial charge >= 0.3 is 0 Å². The number of amides is 2. The van der Waals surface area contributed by atoms with Crippen LogP contribution in [0.25, 0.3) is 11.3 Å². The second-order valence-electron chi connectivity index (χ2n) is 6.71. The van der Waals surface area contributed by atoms with E-state index in [9.17, 15) is 9.59 Å². The molecule has 0 bridgehead atoms. The van der Waals surface area contributed by atoms with Gasteiger partial charge in [-0.15, -0.1) is 0 Å². The van der Waals surface area contributed by atoms with Crippen molar-refractivity contribution in [2.75, 3.05) is 25.9 Å². The van der Waals surface area contributed by atoms with Gasteiger partial charge < -0.3 is 20.7 Å². The lowest BCUT2D eigenvalue weighted by Gasteiger charge is -2.37.